The van der Waals surface area contributed by atoms with Gasteiger partial charge in [-0.05, 0) is 37.1 Å². The maximum absolute atomic E-state index is 11.7. The number of rotatable bonds is 6. The smallest absolute Gasteiger partial charge is 0.228 e. The van der Waals surface area contributed by atoms with Crippen molar-refractivity contribution in [3.8, 4) is 0 Å². The van der Waals surface area contributed by atoms with Crippen LogP contribution in [0, 0.1) is 0 Å². The zero-order chi connectivity index (χ0) is 13.2. The highest BCUT2D eigenvalue weighted by Gasteiger charge is 2.50. The Hall–Kier alpha value is -1.35. The van der Waals surface area contributed by atoms with E-state index in [9.17, 15) is 4.79 Å². The van der Waals surface area contributed by atoms with Crippen molar-refractivity contribution in [1.29, 1.82) is 0 Å². The summed E-state index contributed by atoms with van der Waals surface area (Å²) < 4.78 is 0. The van der Waals surface area contributed by atoms with Gasteiger partial charge in [0.25, 0.3) is 0 Å². The first-order valence-electron chi connectivity index (χ1n) is 6.74. The van der Waals surface area contributed by atoms with Crippen molar-refractivity contribution >= 4 is 5.91 Å². The summed E-state index contributed by atoms with van der Waals surface area (Å²) in [6.45, 7) is 7.27. The van der Waals surface area contributed by atoms with E-state index in [1.54, 1.807) is 0 Å². The number of nitrogens with zero attached hydrogens (tertiary/aromatic N) is 1. The Balaban J connectivity index is 2.29. The number of nitrogens with two attached hydrogens (primary N) is 1. The van der Waals surface area contributed by atoms with E-state index in [-0.39, 0.29) is 11.3 Å². The summed E-state index contributed by atoms with van der Waals surface area (Å²) in [4.78, 5) is 14.0. The van der Waals surface area contributed by atoms with Gasteiger partial charge in [-0.25, -0.2) is 0 Å². The van der Waals surface area contributed by atoms with Gasteiger partial charge < -0.3 is 5.73 Å². The normalized spacial score (nSPS) is 16.8. The van der Waals surface area contributed by atoms with Crippen LogP contribution in [0.4, 0.5) is 0 Å². The van der Waals surface area contributed by atoms with Crippen molar-refractivity contribution in [2.75, 3.05) is 13.1 Å². The second kappa shape index (κ2) is 5.11. The Morgan fingerprint density at radius 3 is 2.39 bits per heavy atom. The van der Waals surface area contributed by atoms with Gasteiger partial charge >= 0.3 is 0 Å². The number of carbonyl (C=O) groups excluding carboxylic acids is 1. The van der Waals surface area contributed by atoms with Crippen molar-refractivity contribution in [3.63, 3.8) is 0 Å². The third kappa shape index (κ3) is 2.27. The molecule has 0 bridgehead atoms. The Labute approximate surface area is 109 Å². The SMILES string of the molecule is CCN(CC)Cc1ccccc1C1(C(N)=O)CC1. The third-order valence-corrected chi connectivity index (χ3v) is 4.04. The maximum Gasteiger partial charge on any atom is 0.228 e. The lowest BCUT2D eigenvalue weighted by Gasteiger charge is -2.22. The number of benzene rings is 1. The molecule has 3 heteroatoms. The first-order valence-corrected chi connectivity index (χ1v) is 6.74. The van der Waals surface area contributed by atoms with Gasteiger partial charge in [0.15, 0.2) is 0 Å². The van der Waals surface area contributed by atoms with Crippen LogP contribution in [0.25, 0.3) is 0 Å². The predicted octanol–water partition coefficient (Wildman–Crippen LogP) is 2.05. The molecule has 0 spiro atoms. The molecule has 1 saturated carbocycles. The number of carbonyl (C=O) groups is 1. The first-order chi connectivity index (χ1) is 8.64. The van der Waals surface area contributed by atoms with Crippen LogP contribution in [0.15, 0.2) is 24.3 Å². The number of primary amides is 1. The van der Waals surface area contributed by atoms with Crippen LogP contribution in [0.1, 0.15) is 37.8 Å². The van der Waals surface area contributed by atoms with Crippen molar-refractivity contribution in [2.24, 2.45) is 5.73 Å². The molecule has 1 aliphatic carbocycles. The second-order valence-electron chi connectivity index (χ2n) is 5.06. The molecule has 0 heterocycles. The summed E-state index contributed by atoms with van der Waals surface area (Å²) in [5.41, 5.74) is 7.60. The molecule has 1 fully saturated rings. The highest BCUT2D eigenvalue weighted by atomic mass is 16.1. The fourth-order valence-corrected chi connectivity index (χ4v) is 2.59. The van der Waals surface area contributed by atoms with E-state index in [4.69, 9.17) is 5.73 Å². The second-order valence-corrected chi connectivity index (χ2v) is 5.06. The summed E-state index contributed by atoms with van der Waals surface area (Å²) in [5, 5.41) is 0. The van der Waals surface area contributed by atoms with Crippen LogP contribution < -0.4 is 5.73 Å². The molecule has 0 saturated heterocycles. The average Bonchev–Trinajstić information content (AvgIpc) is 3.18. The van der Waals surface area contributed by atoms with Crippen molar-refractivity contribution in [3.05, 3.63) is 35.4 Å². The van der Waals surface area contributed by atoms with Gasteiger partial charge in [0, 0.05) is 6.54 Å². The molecule has 1 aromatic rings. The van der Waals surface area contributed by atoms with Crippen LogP contribution in [0.5, 0.6) is 0 Å². The van der Waals surface area contributed by atoms with E-state index in [1.807, 2.05) is 12.1 Å². The topological polar surface area (TPSA) is 46.3 Å². The maximum atomic E-state index is 11.7. The highest BCUT2D eigenvalue weighted by molar-refractivity contribution is 5.90. The van der Waals surface area contributed by atoms with Gasteiger partial charge in [-0.1, -0.05) is 38.1 Å². The molecule has 1 aliphatic rings. The number of hydrogen-bond donors (Lipinski definition) is 1. The minimum absolute atomic E-state index is 0.172. The molecular weight excluding hydrogens is 224 g/mol. The number of amides is 1. The Morgan fingerprint density at radius 2 is 1.89 bits per heavy atom. The van der Waals surface area contributed by atoms with E-state index in [2.05, 4.69) is 30.9 Å². The van der Waals surface area contributed by atoms with Gasteiger partial charge in [-0.3, -0.25) is 9.69 Å². The van der Waals surface area contributed by atoms with Crippen molar-refractivity contribution in [1.82, 2.24) is 4.90 Å². The first kappa shape index (κ1) is 13.1. The molecule has 0 aliphatic heterocycles. The molecule has 0 unspecified atom stereocenters. The predicted molar refractivity (Wildman–Crippen MR) is 73.2 cm³/mol. The molecule has 2 N–H and O–H groups in total. The van der Waals surface area contributed by atoms with Gasteiger partial charge in [0.1, 0.15) is 0 Å². The van der Waals surface area contributed by atoms with Gasteiger partial charge in [-0.2, -0.15) is 0 Å². The monoisotopic (exact) mass is 246 g/mol. The average molecular weight is 246 g/mol. The zero-order valence-electron chi connectivity index (χ0n) is 11.3. The fraction of sp³-hybridized carbons (Fsp3) is 0.533. The van der Waals surface area contributed by atoms with Crippen LogP contribution in [0.2, 0.25) is 0 Å². The summed E-state index contributed by atoms with van der Waals surface area (Å²) in [7, 11) is 0. The fourth-order valence-electron chi connectivity index (χ4n) is 2.59. The third-order valence-electron chi connectivity index (χ3n) is 4.04. The molecule has 98 valence electrons. The molecule has 3 nitrogen and oxygen atoms in total. The van der Waals surface area contributed by atoms with Crippen LogP contribution >= 0.6 is 0 Å². The molecule has 1 aromatic carbocycles. The van der Waals surface area contributed by atoms with Gasteiger partial charge in [0.05, 0.1) is 5.41 Å². The lowest BCUT2D eigenvalue weighted by atomic mass is 9.90. The molecule has 0 radical (unpaired) electrons. The van der Waals surface area contributed by atoms with Crippen LogP contribution in [-0.2, 0) is 16.8 Å². The Morgan fingerprint density at radius 1 is 1.28 bits per heavy atom. The van der Waals surface area contributed by atoms with Crippen LogP contribution in [0.3, 0.4) is 0 Å². The molecule has 1 amide bonds. The quantitative estimate of drug-likeness (QED) is 0.835. The molecular formula is C15H22N2O. The summed E-state index contributed by atoms with van der Waals surface area (Å²) in [6, 6.07) is 8.23. The van der Waals surface area contributed by atoms with E-state index >= 15 is 0 Å². The lowest BCUT2D eigenvalue weighted by molar-refractivity contribution is -0.120. The highest BCUT2D eigenvalue weighted by Crippen LogP contribution is 2.49. The molecule has 18 heavy (non-hydrogen) atoms. The molecule has 2 rings (SSSR count). The van der Waals surface area contributed by atoms with E-state index < -0.39 is 0 Å². The Bertz CT molecular complexity index is 434. The molecule has 0 atom stereocenters. The van der Waals surface area contributed by atoms with Crippen LogP contribution in [-0.4, -0.2) is 23.9 Å². The van der Waals surface area contributed by atoms with Crippen molar-refractivity contribution < 1.29 is 4.79 Å². The van der Waals surface area contributed by atoms with E-state index in [0.29, 0.717) is 0 Å². The number of hydrogen-bond acceptors (Lipinski definition) is 2. The Kier molecular flexibility index (Phi) is 3.71. The van der Waals surface area contributed by atoms with E-state index in [1.165, 1.54) is 5.56 Å². The minimum Gasteiger partial charge on any atom is -0.369 e. The van der Waals surface area contributed by atoms with Gasteiger partial charge in [-0.15, -0.1) is 0 Å². The molecule has 0 aromatic heterocycles. The summed E-state index contributed by atoms with van der Waals surface area (Å²) >= 11 is 0. The summed E-state index contributed by atoms with van der Waals surface area (Å²) in [6.07, 6.45) is 1.80. The van der Waals surface area contributed by atoms with E-state index in [0.717, 1.165) is 38.0 Å². The zero-order valence-corrected chi connectivity index (χ0v) is 11.3. The summed E-state index contributed by atoms with van der Waals surface area (Å²) in [5.74, 6) is -0.172. The lowest BCUT2D eigenvalue weighted by Crippen LogP contribution is -2.31. The largest absolute Gasteiger partial charge is 0.369 e. The van der Waals surface area contributed by atoms with Gasteiger partial charge in [0.2, 0.25) is 5.91 Å². The standard InChI is InChI=1S/C15H22N2O/c1-3-17(4-2)11-12-7-5-6-8-13(12)15(9-10-15)14(16)18/h5-8H,3-4,9-11H2,1-2H3,(H2,16,18). The minimum atomic E-state index is -0.371. The van der Waals surface area contributed by atoms with Crippen molar-refractivity contribution in [2.45, 2.75) is 38.6 Å².